The molecule has 1 rings (SSSR count). The monoisotopic (exact) mass is 427 g/mol. The molecule has 28 heavy (non-hydrogen) atoms. The SMILES string of the molecule is CCCCCS(C)(CC)NC(C1OC1C(CCCC)C(C)CCC)C(F)(F)F. The van der Waals surface area contributed by atoms with Crippen molar-refractivity contribution in [2.24, 2.45) is 11.8 Å². The molecule has 1 aliphatic heterocycles. The average molecular weight is 428 g/mol. The van der Waals surface area contributed by atoms with E-state index in [9.17, 15) is 13.2 Å². The lowest BCUT2D eigenvalue weighted by molar-refractivity contribution is -0.155. The molecule has 0 aliphatic carbocycles. The number of hydrogen-bond acceptors (Lipinski definition) is 2. The first-order valence-corrected chi connectivity index (χ1v) is 13.7. The van der Waals surface area contributed by atoms with Crippen LogP contribution in [0.1, 0.15) is 86.0 Å². The fraction of sp³-hybridized carbons (Fsp3) is 1.00. The minimum atomic E-state index is -4.27. The smallest absolute Gasteiger partial charge is 0.367 e. The molecular weight excluding hydrogens is 383 g/mol. The first-order valence-electron chi connectivity index (χ1n) is 11.4. The van der Waals surface area contributed by atoms with Crippen LogP contribution in [-0.2, 0) is 4.74 Å². The van der Waals surface area contributed by atoms with Gasteiger partial charge in [-0.2, -0.15) is 23.4 Å². The van der Waals surface area contributed by atoms with Gasteiger partial charge in [0.15, 0.2) is 0 Å². The Kier molecular flexibility index (Phi) is 11.2. The lowest BCUT2D eigenvalue weighted by atomic mass is 9.82. The van der Waals surface area contributed by atoms with Crippen molar-refractivity contribution in [2.75, 3.05) is 17.8 Å². The summed E-state index contributed by atoms with van der Waals surface area (Å²) < 4.78 is 50.8. The molecule has 0 aromatic heterocycles. The number of unbranched alkanes of at least 4 members (excludes halogenated alkanes) is 3. The molecule has 1 heterocycles. The molecule has 2 nitrogen and oxygen atoms in total. The van der Waals surface area contributed by atoms with Gasteiger partial charge >= 0.3 is 6.18 Å². The second-order valence-corrected chi connectivity index (χ2v) is 12.5. The fourth-order valence-corrected chi connectivity index (χ4v) is 6.51. The van der Waals surface area contributed by atoms with Gasteiger partial charge in [-0.15, -0.1) is 0 Å². The van der Waals surface area contributed by atoms with E-state index in [1.807, 2.05) is 13.2 Å². The van der Waals surface area contributed by atoms with E-state index in [1.165, 1.54) is 0 Å². The average Bonchev–Trinajstić information content (AvgIpc) is 3.39. The van der Waals surface area contributed by atoms with Gasteiger partial charge in [-0.05, 0) is 42.4 Å². The highest BCUT2D eigenvalue weighted by atomic mass is 32.3. The second-order valence-electron chi connectivity index (χ2n) is 8.75. The zero-order valence-corrected chi connectivity index (χ0v) is 19.7. The summed E-state index contributed by atoms with van der Waals surface area (Å²) in [5.74, 6) is 2.27. The van der Waals surface area contributed by atoms with E-state index >= 15 is 0 Å². The van der Waals surface area contributed by atoms with Crippen LogP contribution in [0.3, 0.4) is 0 Å². The number of halogens is 3. The van der Waals surface area contributed by atoms with Crippen LogP contribution in [0, 0.1) is 11.8 Å². The Morgan fingerprint density at radius 2 is 1.57 bits per heavy atom. The highest BCUT2D eigenvalue weighted by Crippen LogP contribution is 2.48. The van der Waals surface area contributed by atoms with Crippen LogP contribution < -0.4 is 4.72 Å². The largest absolute Gasteiger partial charge is 0.407 e. The van der Waals surface area contributed by atoms with Crippen LogP contribution in [0.5, 0.6) is 0 Å². The van der Waals surface area contributed by atoms with E-state index < -0.39 is 28.5 Å². The van der Waals surface area contributed by atoms with Crippen molar-refractivity contribution in [2.45, 2.75) is 110 Å². The highest BCUT2D eigenvalue weighted by Gasteiger charge is 2.59. The molecule has 0 bridgehead atoms. The van der Waals surface area contributed by atoms with Crippen molar-refractivity contribution in [3.8, 4) is 0 Å². The van der Waals surface area contributed by atoms with Crippen molar-refractivity contribution < 1.29 is 17.9 Å². The molecule has 0 spiro atoms. The van der Waals surface area contributed by atoms with Crippen LogP contribution in [0.2, 0.25) is 0 Å². The summed E-state index contributed by atoms with van der Waals surface area (Å²) in [6.07, 6.45) is 5.18. The lowest BCUT2D eigenvalue weighted by Gasteiger charge is -2.40. The van der Waals surface area contributed by atoms with Gasteiger partial charge < -0.3 is 4.74 Å². The molecule has 6 atom stereocenters. The molecule has 1 saturated heterocycles. The van der Waals surface area contributed by atoms with Crippen LogP contribution in [0.25, 0.3) is 0 Å². The minimum Gasteiger partial charge on any atom is -0.367 e. The molecule has 0 radical (unpaired) electrons. The molecule has 1 fully saturated rings. The Labute approximate surface area is 173 Å². The highest BCUT2D eigenvalue weighted by molar-refractivity contribution is 8.31. The zero-order chi connectivity index (χ0) is 21.4. The third-order valence-electron chi connectivity index (χ3n) is 6.28. The number of nitrogens with one attached hydrogen (secondary N) is 1. The first kappa shape index (κ1) is 26.1. The predicted octanol–water partition coefficient (Wildman–Crippen LogP) is 7.08. The third-order valence-corrected chi connectivity index (χ3v) is 9.56. The Bertz CT molecular complexity index is 434. The summed E-state index contributed by atoms with van der Waals surface area (Å²) >= 11 is 0. The van der Waals surface area contributed by atoms with E-state index in [0.29, 0.717) is 5.92 Å². The number of rotatable bonds is 15. The summed E-state index contributed by atoms with van der Waals surface area (Å²) in [6, 6.07) is -1.53. The van der Waals surface area contributed by atoms with Gasteiger partial charge in [0.25, 0.3) is 0 Å². The number of alkyl halides is 3. The maximum Gasteiger partial charge on any atom is 0.407 e. The molecule has 0 aromatic carbocycles. The zero-order valence-electron chi connectivity index (χ0n) is 18.9. The van der Waals surface area contributed by atoms with Gasteiger partial charge in [0.05, 0.1) is 6.10 Å². The van der Waals surface area contributed by atoms with Gasteiger partial charge in [-0.3, -0.25) is 4.72 Å². The molecule has 0 aromatic rings. The summed E-state index contributed by atoms with van der Waals surface area (Å²) in [5.41, 5.74) is 0. The third kappa shape index (κ3) is 8.06. The van der Waals surface area contributed by atoms with Crippen molar-refractivity contribution in [1.29, 1.82) is 0 Å². The van der Waals surface area contributed by atoms with Crippen LogP contribution in [0.4, 0.5) is 13.2 Å². The van der Waals surface area contributed by atoms with Gasteiger partial charge in [0, 0.05) is 0 Å². The molecule has 1 N–H and O–H groups in total. The van der Waals surface area contributed by atoms with Crippen molar-refractivity contribution in [3.05, 3.63) is 0 Å². The van der Waals surface area contributed by atoms with E-state index in [4.69, 9.17) is 4.74 Å². The molecule has 6 heteroatoms. The molecule has 1 aliphatic rings. The number of ether oxygens (including phenoxy) is 1. The van der Waals surface area contributed by atoms with Crippen molar-refractivity contribution in [3.63, 3.8) is 0 Å². The number of epoxide rings is 1. The Hall–Kier alpha value is 0.0600. The van der Waals surface area contributed by atoms with Crippen LogP contribution >= 0.6 is 10.2 Å². The van der Waals surface area contributed by atoms with Gasteiger partial charge in [-0.25, -0.2) is 0 Å². The van der Waals surface area contributed by atoms with Crippen molar-refractivity contribution in [1.82, 2.24) is 4.72 Å². The summed E-state index contributed by atoms with van der Waals surface area (Å²) in [4.78, 5) is 0. The van der Waals surface area contributed by atoms with Crippen molar-refractivity contribution >= 4 is 10.2 Å². The lowest BCUT2D eigenvalue weighted by Crippen LogP contribution is -2.49. The topological polar surface area (TPSA) is 24.6 Å². The molecular formula is C22H44F3NOS. The Morgan fingerprint density at radius 1 is 0.929 bits per heavy atom. The fourth-order valence-electron chi connectivity index (χ4n) is 4.21. The standard InChI is InChI=1S/C22H44F3NOS/c1-7-11-13-16-28(6,10-4)26-21(22(23,24)25)20-19(27-20)18(15-12-8-2)17(5)14-9-3/h17-21,26H,7-16H2,1-6H3. The van der Waals surface area contributed by atoms with Crippen LogP contribution in [0.15, 0.2) is 0 Å². The maximum atomic E-state index is 14.0. The quantitative estimate of drug-likeness (QED) is 0.223. The molecule has 0 saturated carbocycles. The Balaban J connectivity index is 2.88. The summed E-state index contributed by atoms with van der Waals surface area (Å²) in [7, 11) is -1.48. The minimum absolute atomic E-state index is 0.236. The van der Waals surface area contributed by atoms with E-state index in [0.717, 1.165) is 62.9 Å². The first-order chi connectivity index (χ1) is 13.1. The van der Waals surface area contributed by atoms with Gasteiger partial charge in [-0.1, -0.05) is 73.1 Å². The summed E-state index contributed by atoms with van der Waals surface area (Å²) in [5, 5.41) is 0. The Morgan fingerprint density at radius 3 is 2.07 bits per heavy atom. The summed E-state index contributed by atoms with van der Waals surface area (Å²) in [6.45, 7) is 10.6. The predicted molar refractivity (Wildman–Crippen MR) is 117 cm³/mol. The normalized spacial score (nSPS) is 26.3. The molecule has 0 amide bonds. The van der Waals surface area contributed by atoms with Gasteiger partial charge in [0.2, 0.25) is 0 Å². The van der Waals surface area contributed by atoms with E-state index in [1.54, 1.807) is 0 Å². The second kappa shape index (κ2) is 12.0. The van der Waals surface area contributed by atoms with Gasteiger partial charge in [0.1, 0.15) is 12.1 Å². The molecule has 170 valence electrons. The molecule has 6 unspecified atom stereocenters. The number of hydrogen-bond donors (Lipinski definition) is 1. The van der Waals surface area contributed by atoms with E-state index in [-0.39, 0.29) is 12.0 Å². The van der Waals surface area contributed by atoms with Crippen LogP contribution in [-0.4, -0.2) is 42.2 Å². The van der Waals surface area contributed by atoms with E-state index in [2.05, 4.69) is 32.4 Å². The maximum absolute atomic E-state index is 14.0.